The maximum Gasteiger partial charge on any atom is 0.173 e. The van der Waals surface area contributed by atoms with E-state index >= 15 is 0 Å². The third-order valence-electron chi connectivity index (χ3n) is 4.78. The first kappa shape index (κ1) is 15.4. The van der Waals surface area contributed by atoms with Gasteiger partial charge < -0.3 is 0 Å². The van der Waals surface area contributed by atoms with Crippen LogP contribution >= 0.6 is 9.24 Å². The lowest BCUT2D eigenvalue weighted by atomic mass is 9.80. The van der Waals surface area contributed by atoms with Gasteiger partial charge in [0, 0.05) is 10.7 Å². The Hall–Kier alpha value is -1.46. The minimum atomic E-state index is -0.270. The number of rotatable bonds is 3. The molecule has 1 saturated carbocycles. The van der Waals surface area contributed by atoms with Crippen LogP contribution in [0.1, 0.15) is 48.0 Å². The van der Waals surface area contributed by atoms with Crippen LogP contribution in [0.25, 0.3) is 11.1 Å². The average molecular weight is 310 g/mol. The molecule has 2 aromatic carbocycles. The van der Waals surface area contributed by atoms with Crippen molar-refractivity contribution in [3.05, 3.63) is 59.7 Å². The minimum Gasteiger partial charge on any atom is -0.293 e. The smallest absolute Gasteiger partial charge is 0.173 e. The summed E-state index contributed by atoms with van der Waals surface area (Å²) in [5.41, 5.74) is 4.18. The van der Waals surface area contributed by atoms with E-state index < -0.39 is 0 Å². The van der Waals surface area contributed by atoms with Crippen LogP contribution in [-0.2, 0) is 0 Å². The Morgan fingerprint density at radius 3 is 2.32 bits per heavy atom. The van der Waals surface area contributed by atoms with Crippen LogP contribution in [0.3, 0.4) is 0 Å². The van der Waals surface area contributed by atoms with Crippen molar-refractivity contribution in [1.29, 1.82) is 0 Å². The van der Waals surface area contributed by atoms with E-state index in [2.05, 4.69) is 40.4 Å². The molecule has 22 heavy (non-hydrogen) atoms. The zero-order valence-electron chi connectivity index (χ0n) is 13.1. The summed E-state index contributed by atoms with van der Waals surface area (Å²) in [6, 6.07) is 16.4. The SMILES string of the molecule is Cc1cccc(-c2ccccc2)c1C(=O)C1(P)CCCCC1. The number of hydrogen-bond donors (Lipinski definition) is 0. The molecule has 0 amide bonds. The van der Waals surface area contributed by atoms with E-state index in [4.69, 9.17) is 0 Å². The van der Waals surface area contributed by atoms with E-state index in [1.807, 2.05) is 24.3 Å². The van der Waals surface area contributed by atoms with Gasteiger partial charge in [-0.05, 0) is 36.5 Å². The van der Waals surface area contributed by atoms with E-state index in [1.165, 1.54) is 6.42 Å². The van der Waals surface area contributed by atoms with Crippen molar-refractivity contribution >= 4 is 15.0 Å². The predicted octanol–water partition coefficient (Wildman–Crippen LogP) is 5.42. The molecule has 2 aromatic rings. The minimum absolute atomic E-state index is 0.270. The van der Waals surface area contributed by atoms with Gasteiger partial charge >= 0.3 is 0 Å². The van der Waals surface area contributed by atoms with Gasteiger partial charge in [0.05, 0.1) is 0 Å². The van der Waals surface area contributed by atoms with Crippen LogP contribution < -0.4 is 0 Å². The quantitative estimate of drug-likeness (QED) is 0.546. The second-order valence-electron chi connectivity index (χ2n) is 6.41. The van der Waals surface area contributed by atoms with Crippen molar-refractivity contribution < 1.29 is 4.79 Å². The molecule has 2 heteroatoms. The number of Topliss-reactive ketones (excluding diaryl/α,β-unsaturated/α-hetero) is 1. The largest absolute Gasteiger partial charge is 0.293 e. The Morgan fingerprint density at radius 1 is 0.955 bits per heavy atom. The first-order valence-electron chi connectivity index (χ1n) is 8.10. The molecule has 1 aliphatic rings. The highest BCUT2D eigenvalue weighted by Crippen LogP contribution is 2.41. The molecule has 0 saturated heterocycles. The van der Waals surface area contributed by atoms with Gasteiger partial charge in [0.15, 0.2) is 5.78 Å². The lowest BCUT2D eigenvalue weighted by Gasteiger charge is -2.33. The second-order valence-corrected chi connectivity index (χ2v) is 7.51. The fourth-order valence-electron chi connectivity index (χ4n) is 3.49. The molecule has 1 nitrogen and oxygen atoms in total. The monoisotopic (exact) mass is 310 g/mol. The van der Waals surface area contributed by atoms with Gasteiger partial charge in [-0.3, -0.25) is 4.79 Å². The van der Waals surface area contributed by atoms with E-state index in [-0.39, 0.29) is 5.16 Å². The van der Waals surface area contributed by atoms with Crippen LogP contribution in [0.4, 0.5) is 0 Å². The molecule has 0 radical (unpaired) electrons. The molecule has 1 atom stereocenters. The summed E-state index contributed by atoms with van der Waals surface area (Å²) in [6.07, 6.45) is 5.53. The van der Waals surface area contributed by atoms with Crippen molar-refractivity contribution in [2.75, 3.05) is 0 Å². The first-order chi connectivity index (χ1) is 10.6. The summed E-state index contributed by atoms with van der Waals surface area (Å²) in [7, 11) is 2.89. The molecule has 0 aliphatic heterocycles. The van der Waals surface area contributed by atoms with Gasteiger partial charge in [0.2, 0.25) is 0 Å². The Kier molecular flexibility index (Phi) is 4.45. The average Bonchev–Trinajstić information content (AvgIpc) is 2.55. The standard InChI is InChI=1S/C20H23OP/c1-15-9-8-12-17(16-10-4-2-5-11-16)18(15)19(21)20(22)13-6-3-7-14-20/h2,4-5,8-12H,3,6-7,13-14,22H2,1H3. The van der Waals surface area contributed by atoms with Crippen LogP contribution in [0.2, 0.25) is 0 Å². The molecule has 1 fully saturated rings. The number of aryl methyl sites for hydroxylation is 1. The van der Waals surface area contributed by atoms with E-state index in [1.54, 1.807) is 0 Å². The number of ketones is 1. The maximum absolute atomic E-state index is 13.3. The normalized spacial score (nSPS) is 17.2. The van der Waals surface area contributed by atoms with Gasteiger partial charge in [-0.15, -0.1) is 9.24 Å². The van der Waals surface area contributed by atoms with Gasteiger partial charge in [-0.25, -0.2) is 0 Å². The molecule has 0 spiro atoms. The molecule has 0 heterocycles. The topological polar surface area (TPSA) is 17.1 Å². The van der Waals surface area contributed by atoms with E-state index in [9.17, 15) is 4.79 Å². The second kappa shape index (κ2) is 6.34. The summed E-state index contributed by atoms with van der Waals surface area (Å²) < 4.78 is 0. The lowest BCUT2D eigenvalue weighted by molar-refractivity contribution is 0.0918. The van der Waals surface area contributed by atoms with Crippen LogP contribution in [0.5, 0.6) is 0 Å². The van der Waals surface area contributed by atoms with Crippen molar-refractivity contribution in [2.45, 2.75) is 44.2 Å². The van der Waals surface area contributed by atoms with Crippen molar-refractivity contribution in [1.82, 2.24) is 0 Å². The number of carbonyl (C=O) groups excluding carboxylic acids is 1. The first-order valence-corrected chi connectivity index (χ1v) is 8.68. The summed E-state index contributed by atoms with van der Waals surface area (Å²) in [6.45, 7) is 2.05. The Bertz CT molecular complexity index is 669. The molecule has 1 unspecified atom stereocenters. The molecule has 3 rings (SSSR count). The zero-order chi connectivity index (χ0) is 15.6. The Balaban J connectivity index is 2.08. The molecule has 0 aromatic heterocycles. The molecular formula is C20H23OP. The van der Waals surface area contributed by atoms with Crippen LogP contribution in [0.15, 0.2) is 48.5 Å². The van der Waals surface area contributed by atoms with Crippen molar-refractivity contribution in [2.24, 2.45) is 0 Å². The van der Waals surface area contributed by atoms with E-state index in [0.29, 0.717) is 5.78 Å². The molecule has 1 aliphatic carbocycles. The summed E-state index contributed by atoms with van der Waals surface area (Å²) in [5, 5.41) is -0.270. The highest BCUT2D eigenvalue weighted by Gasteiger charge is 2.37. The third-order valence-corrected chi connectivity index (χ3v) is 5.62. The molecule has 114 valence electrons. The molecule has 0 bridgehead atoms. The zero-order valence-corrected chi connectivity index (χ0v) is 14.3. The van der Waals surface area contributed by atoms with Crippen LogP contribution in [-0.4, -0.2) is 10.9 Å². The number of hydrogen-bond acceptors (Lipinski definition) is 1. The summed E-state index contributed by atoms with van der Waals surface area (Å²) >= 11 is 0. The van der Waals surface area contributed by atoms with Gasteiger partial charge in [0.25, 0.3) is 0 Å². The van der Waals surface area contributed by atoms with Gasteiger partial charge in [-0.1, -0.05) is 67.8 Å². The van der Waals surface area contributed by atoms with Crippen molar-refractivity contribution in [3.8, 4) is 11.1 Å². The van der Waals surface area contributed by atoms with Gasteiger partial charge in [-0.2, -0.15) is 0 Å². The summed E-state index contributed by atoms with van der Waals surface area (Å²) in [5.74, 6) is 0.300. The van der Waals surface area contributed by atoms with Crippen LogP contribution in [0, 0.1) is 6.92 Å². The fourth-order valence-corrected chi connectivity index (χ4v) is 4.04. The number of benzene rings is 2. The fraction of sp³-hybridized carbons (Fsp3) is 0.350. The highest BCUT2D eigenvalue weighted by molar-refractivity contribution is 7.21. The Labute approximate surface area is 135 Å². The van der Waals surface area contributed by atoms with E-state index in [0.717, 1.165) is 47.9 Å². The Morgan fingerprint density at radius 2 is 1.64 bits per heavy atom. The predicted molar refractivity (Wildman–Crippen MR) is 96.5 cm³/mol. The number of carbonyl (C=O) groups is 1. The molecular weight excluding hydrogens is 287 g/mol. The maximum atomic E-state index is 13.3. The third kappa shape index (κ3) is 2.88. The van der Waals surface area contributed by atoms with Crippen molar-refractivity contribution in [3.63, 3.8) is 0 Å². The highest BCUT2D eigenvalue weighted by atomic mass is 31.0. The lowest BCUT2D eigenvalue weighted by Crippen LogP contribution is -2.35. The summed E-state index contributed by atoms with van der Waals surface area (Å²) in [4.78, 5) is 13.3. The van der Waals surface area contributed by atoms with Gasteiger partial charge in [0.1, 0.15) is 0 Å². The molecule has 0 N–H and O–H groups in total.